The number of methoxy groups -OCH3 is 2. The highest BCUT2D eigenvalue weighted by molar-refractivity contribution is 8.23. The lowest BCUT2D eigenvalue weighted by molar-refractivity contribution is -0.138. The zero-order chi connectivity index (χ0) is 13.8. The summed E-state index contributed by atoms with van der Waals surface area (Å²) in [7, 11) is 2.59. The monoisotopic (exact) mass is 296 g/mol. The van der Waals surface area contributed by atoms with Crippen molar-refractivity contribution in [1.82, 2.24) is 0 Å². The summed E-state index contributed by atoms with van der Waals surface area (Å²) in [6, 6.07) is 9.68. The first-order valence-electron chi connectivity index (χ1n) is 5.46. The molecular weight excluding hydrogens is 284 g/mol. The quantitative estimate of drug-likeness (QED) is 0.799. The second-order valence-electron chi connectivity index (χ2n) is 3.62. The average Bonchev–Trinajstić information content (AvgIpc) is 2.91. The largest absolute Gasteiger partial charge is 0.465 e. The van der Waals surface area contributed by atoms with Crippen LogP contribution in [0.4, 0.5) is 0 Å². The molecule has 1 aliphatic heterocycles. The van der Waals surface area contributed by atoms with Crippen molar-refractivity contribution < 1.29 is 19.1 Å². The predicted molar refractivity (Wildman–Crippen MR) is 75.4 cm³/mol. The highest BCUT2D eigenvalue weighted by atomic mass is 32.2. The van der Waals surface area contributed by atoms with Crippen LogP contribution in [-0.4, -0.2) is 26.2 Å². The third kappa shape index (κ3) is 2.96. The van der Waals surface area contributed by atoms with E-state index in [-0.39, 0.29) is 4.58 Å². The molecule has 1 aromatic carbocycles. The molecule has 0 N–H and O–H groups in total. The number of benzene rings is 1. The van der Waals surface area contributed by atoms with Crippen molar-refractivity contribution in [2.45, 2.75) is 4.58 Å². The van der Waals surface area contributed by atoms with Crippen molar-refractivity contribution in [3.8, 4) is 0 Å². The fraction of sp³-hybridized carbons (Fsp3) is 0.231. The van der Waals surface area contributed by atoms with Gasteiger partial charge in [0, 0.05) is 0 Å². The Bertz CT molecular complexity index is 497. The van der Waals surface area contributed by atoms with E-state index in [4.69, 9.17) is 9.47 Å². The highest BCUT2D eigenvalue weighted by Gasteiger charge is 2.35. The molecule has 0 radical (unpaired) electrons. The second-order valence-corrected chi connectivity index (χ2v) is 6.15. The SMILES string of the molecule is COC(=O)C1=C(C(=O)OC)SC(c2ccccc2)S1. The summed E-state index contributed by atoms with van der Waals surface area (Å²) in [6.45, 7) is 0. The molecule has 0 atom stereocenters. The molecule has 6 heteroatoms. The van der Waals surface area contributed by atoms with Gasteiger partial charge in [0.25, 0.3) is 0 Å². The average molecular weight is 296 g/mol. The van der Waals surface area contributed by atoms with Crippen LogP contribution in [-0.2, 0) is 19.1 Å². The molecule has 19 heavy (non-hydrogen) atoms. The van der Waals surface area contributed by atoms with Crippen LogP contribution >= 0.6 is 23.5 Å². The molecule has 0 unspecified atom stereocenters. The van der Waals surface area contributed by atoms with Gasteiger partial charge in [-0.15, -0.1) is 0 Å². The minimum atomic E-state index is -0.503. The van der Waals surface area contributed by atoms with Crippen LogP contribution in [0.3, 0.4) is 0 Å². The zero-order valence-corrected chi connectivity index (χ0v) is 12.0. The number of hydrogen-bond donors (Lipinski definition) is 0. The lowest BCUT2D eigenvalue weighted by Gasteiger charge is -2.08. The van der Waals surface area contributed by atoms with Gasteiger partial charge >= 0.3 is 11.9 Å². The van der Waals surface area contributed by atoms with E-state index >= 15 is 0 Å². The molecule has 1 aromatic rings. The summed E-state index contributed by atoms with van der Waals surface area (Å²) in [5.41, 5.74) is 1.04. The maximum Gasteiger partial charge on any atom is 0.345 e. The molecule has 0 bridgehead atoms. The summed E-state index contributed by atoms with van der Waals surface area (Å²) in [4.78, 5) is 24.0. The normalized spacial score (nSPS) is 15.5. The van der Waals surface area contributed by atoms with Gasteiger partial charge in [0.15, 0.2) is 0 Å². The molecule has 0 amide bonds. The highest BCUT2D eigenvalue weighted by Crippen LogP contribution is 2.55. The maximum absolute atomic E-state index is 11.7. The van der Waals surface area contributed by atoms with Gasteiger partial charge in [-0.25, -0.2) is 9.59 Å². The number of thioether (sulfide) groups is 2. The van der Waals surface area contributed by atoms with Gasteiger partial charge in [-0.1, -0.05) is 53.9 Å². The van der Waals surface area contributed by atoms with Crippen LogP contribution in [0.2, 0.25) is 0 Å². The van der Waals surface area contributed by atoms with Crippen LogP contribution in [0.5, 0.6) is 0 Å². The first-order chi connectivity index (χ1) is 9.17. The Morgan fingerprint density at radius 3 is 1.84 bits per heavy atom. The third-order valence-corrected chi connectivity index (χ3v) is 5.36. The van der Waals surface area contributed by atoms with Crippen molar-refractivity contribution in [3.63, 3.8) is 0 Å². The fourth-order valence-electron chi connectivity index (χ4n) is 1.56. The molecule has 4 nitrogen and oxygen atoms in total. The minimum absolute atomic E-state index is 0.0376. The van der Waals surface area contributed by atoms with Crippen LogP contribution in [0.25, 0.3) is 0 Å². The minimum Gasteiger partial charge on any atom is -0.465 e. The summed E-state index contributed by atoms with van der Waals surface area (Å²) >= 11 is 2.63. The number of hydrogen-bond acceptors (Lipinski definition) is 6. The molecular formula is C13H12O4S2. The van der Waals surface area contributed by atoms with Crippen LogP contribution in [0.1, 0.15) is 10.1 Å². The Labute approximate surface area is 119 Å². The van der Waals surface area contributed by atoms with E-state index in [9.17, 15) is 9.59 Å². The number of rotatable bonds is 3. The van der Waals surface area contributed by atoms with Crippen molar-refractivity contribution in [2.24, 2.45) is 0 Å². The van der Waals surface area contributed by atoms with E-state index in [0.29, 0.717) is 9.81 Å². The number of carbonyl (C=O) groups excluding carboxylic acids is 2. The zero-order valence-electron chi connectivity index (χ0n) is 10.4. The van der Waals surface area contributed by atoms with Gasteiger partial charge in [-0.05, 0) is 5.56 Å². The van der Waals surface area contributed by atoms with Gasteiger partial charge in [0.05, 0.1) is 18.8 Å². The summed E-state index contributed by atoms with van der Waals surface area (Å²) in [5, 5.41) is 0. The molecule has 1 heterocycles. The third-order valence-electron chi connectivity index (χ3n) is 2.47. The number of ether oxygens (including phenoxy) is 2. The van der Waals surface area contributed by atoms with Crippen LogP contribution in [0.15, 0.2) is 40.1 Å². The Hall–Kier alpha value is -1.40. The molecule has 0 fully saturated rings. The van der Waals surface area contributed by atoms with Crippen molar-refractivity contribution >= 4 is 35.5 Å². The number of esters is 2. The Morgan fingerprint density at radius 1 is 0.947 bits per heavy atom. The summed E-state index contributed by atoms with van der Waals surface area (Å²) in [5.74, 6) is -1.01. The molecule has 0 spiro atoms. The lowest BCUT2D eigenvalue weighted by Crippen LogP contribution is -2.08. The standard InChI is InChI=1S/C13H12O4S2/c1-16-11(14)9-10(12(15)17-2)19-13(18-9)8-6-4-3-5-7-8/h3-7,13H,1-2H3. The Morgan fingerprint density at radius 2 is 1.42 bits per heavy atom. The van der Waals surface area contributed by atoms with Gasteiger partial charge in [0.1, 0.15) is 9.81 Å². The fourth-order valence-corrected chi connectivity index (χ4v) is 4.37. The first kappa shape index (κ1) is 14.0. The van der Waals surface area contributed by atoms with Gasteiger partial charge in [-0.2, -0.15) is 0 Å². The molecule has 0 aliphatic carbocycles. The van der Waals surface area contributed by atoms with E-state index in [1.807, 2.05) is 30.3 Å². The Balaban J connectivity index is 2.27. The molecule has 1 aliphatic rings. The van der Waals surface area contributed by atoms with Crippen molar-refractivity contribution in [3.05, 3.63) is 45.7 Å². The Kier molecular flexibility index (Phi) is 4.55. The summed E-state index contributed by atoms with van der Waals surface area (Å²) in [6.07, 6.45) is 0. The first-order valence-corrected chi connectivity index (χ1v) is 7.22. The smallest absolute Gasteiger partial charge is 0.345 e. The molecule has 0 saturated carbocycles. The van der Waals surface area contributed by atoms with Gasteiger partial charge in [0.2, 0.25) is 0 Å². The topological polar surface area (TPSA) is 52.6 Å². The van der Waals surface area contributed by atoms with E-state index in [0.717, 1.165) is 5.56 Å². The van der Waals surface area contributed by atoms with Crippen molar-refractivity contribution in [2.75, 3.05) is 14.2 Å². The molecule has 100 valence electrons. The van der Waals surface area contributed by atoms with E-state index < -0.39 is 11.9 Å². The predicted octanol–water partition coefficient (Wildman–Crippen LogP) is 2.72. The molecule has 0 saturated heterocycles. The maximum atomic E-state index is 11.7. The van der Waals surface area contributed by atoms with Crippen molar-refractivity contribution in [1.29, 1.82) is 0 Å². The molecule has 0 aromatic heterocycles. The lowest BCUT2D eigenvalue weighted by atomic mass is 10.2. The van der Waals surface area contributed by atoms with Crippen LogP contribution < -0.4 is 0 Å². The number of carbonyl (C=O) groups is 2. The summed E-state index contributed by atoms with van der Waals surface area (Å²) < 4.78 is 9.37. The van der Waals surface area contributed by atoms with Crippen LogP contribution in [0, 0.1) is 0 Å². The van der Waals surface area contributed by atoms with E-state index in [2.05, 4.69) is 0 Å². The van der Waals surface area contributed by atoms with E-state index in [1.165, 1.54) is 37.7 Å². The second kappa shape index (κ2) is 6.16. The molecule has 2 rings (SSSR count). The van der Waals surface area contributed by atoms with Gasteiger partial charge in [-0.3, -0.25) is 0 Å². The van der Waals surface area contributed by atoms with Gasteiger partial charge < -0.3 is 9.47 Å². The van der Waals surface area contributed by atoms with E-state index in [1.54, 1.807) is 0 Å².